The molecular weight excluding hydrogens is 1160 g/mol. The molecule has 9 rings (SSSR count). The smallest absolute Gasteiger partial charge is 0.495 e. The third-order valence-electron chi connectivity index (χ3n) is 11.9. The first-order chi connectivity index (χ1) is 35.6. The number of rotatable bonds is 12. The average Bonchev–Trinajstić information content (AvgIpc) is 3.91. The number of carbonyl (C=O) groups excluding carboxylic acids is 2. The molecule has 4 aromatic heterocycles. The fourth-order valence-electron chi connectivity index (χ4n) is 7.33. The van der Waals surface area contributed by atoms with Crippen molar-refractivity contribution in [2.45, 2.75) is 65.1 Å². The molecular formula is C48H60BBr3N16O7. The van der Waals surface area contributed by atoms with Crippen molar-refractivity contribution >= 4 is 101 Å². The quantitative estimate of drug-likeness (QED) is 0.0605. The van der Waals surface area contributed by atoms with Crippen LogP contribution in [-0.4, -0.2) is 114 Å². The average molecular weight is 1220 g/mol. The number of aryl methyl sites for hydroxylation is 4. The zero-order valence-corrected chi connectivity index (χ0v) is 48.4. The molecule has 0 bridgehead atoms. The molecule has 1 aliphatic carbocycles. The number of nitrogens with two attached hydrogens (primary N) is 2. The molecule has 0 atom stereocenters. The van der Waals surface area contributed by atoms with Gasteiger partial charge in [-0.3, -0.25) is 9.59 Å². The largest absolute Gasteiger partial charge is 0.498 e. The molecule has 7 N–H and O–H groups in total. The number of amides is 2. The molecule has 75 heavy (non-hydrogen) atoms. The summed E-state index contributed by atoms with van der Waals surface area (Å²) in [6.07, 6.45) is 2.45. The van der Waals surface area contributed by atoms with Gasteiger partial charge in [0, 0.05) is 56.8 Å². The summed E-state index contributed by atoms with van der Waals surface area (Å²) >= 11 is 9.70. The molecule has 5 heterocycles. The molecule has 3 aromatic carbocycles. The molecule has 27 heteroatoms. The van der Waals surface area contributed by atoms with Gasteiger partial charge in [-0.05, 0) is 125 Å². The predicted octanol–water partition coefficient (Wildman–Crippen LogP) is 7.05. The topological polar surface area (TPSA) is 286 Å². The fraction of sp³-hybridized carbons (Fsp3) is 0.375. The van der Waals surface area contributed by atoms with E-state index >= 15 is 0 Å². The van der Waals surface area contributed by atoms with Gasteiger partial charge in [0.1, 0.15) is 17.1 Å². The number of hydrogen-bond acceptors (Lipinski definition) is 18. The Morgan fingerprint density at radius 3 is 1.75 bits per heavy atom. The Labute approximate surface area is 460 Å². The van der Waals surface area contributed by atoms with Crippen LogP contribution in [0.2, 0.25) is 0 Å². The Balaban J connectivity index is 0.000000183. The minimum atomic E-state index is -0.451. The number of nitrogens with one attached hydrogen (secondary N) is 3. The summed E-state index contributed by atoms with van der Waals surface area (Å²) in [6, 6.07) is 18.3. The van der Waals surface area contributed by atoms with Crippen molar-refractivity contribution in [2.75, 3.05) is 50.5 Å². The predicted molar refractivity (Wildman–Crippen MR) is 297 cm³/mol. The maximum atomic E-state index is 12.4. The van der Waals surface area contributed by atoms with Crippen molar-refractivity contribution in [1.29, 1.82) is 0 Å². The molecule has 398 valence electrons. The number of nitrogen functional groups attached to an aromatic ring is 2. The number of anilines is 5. The molecule has 23 nitrogen and oxygen atoms in total. The summed E-state index contributed by atoms with van der Waals surface area (Å²) < 4.78 is 30.5. The third-order valence-corrected chi connectivity index (χ3v) is 14.0. The first-order valence-electron chi connectivity index (χ1n) is 23.3. The second kappa shape index (κ2) is 24.8. The minimum Gasteiger partial charge on any atom is -0.495 e. The summed E-state index contributed by atoms with van der Waals surface area (Å²) in [7, 11) is 11.1. The highest BCUT2D eigenvalue weighted by Crippen LogP contribution is 2.41. The van der Waals surface area contributed by atoms with Crippen LogP contribution in [0.25, 0.3) is 22.5 Å². The van der Waals surface area contributed by atoms with Gasteiger partial charge in [0.25, 0.3) is 5.91 Å². The fourth-order valence-corrected chi connectivity index (χ4v) is 8.47. The highest BCUT2D eigenvalue weighted by atomic mass is 79.9. The molecule has 0 unspecified atom stereocenters. The number of halogens is 3. The number of methoxy groups -OCH3 is 3. The standard InChI is InChI=1S/C22H26N8O3.C13H20BNO3.C10H11BrN4O.C3H3Br2N3/c1-5-14-18(29-30(3)28-14)13-7-6-8-15(20(13)33-4)24-16-11-17(25-21(31)12-9-10-12)26-27-19(16)22(32)23-2;1-12(2)13(3,4)18-14(17-12)9-7-6-8-10(15)11(9)16-5;1-15-13-8(10(11)14-15)6-4-3-5-7(12)9(6)16-2;1-8-6-2(4)3(5)7-8/h6-8,11-12H,5,9-10H2,1-4H3,(H,23,32)(H2,24,25,26,31);6-8H,15H2,1-5H3;3-5H,12H2,1-2H3;1H3. The number of carbonyl (C=O) groups is 2. The van der Waals surface area contributed by atoms with Gasteiger partial charge in [-0.15, -0.1) is 25.5 Å². The molecule has 0 radical (unpaired) electrons. The summed E-state index contributed by atoms with van der Waals surface area (Å²) in [5.74, 6) is 1.54. The van der Waals surface area contributed by atoms with Gasteiger partial charge >= 0.3 is 7.12 Å². The van der Waals surface area contributed by atoms with Crippen LogP contribution in [-0.2, 0) is 41.7 Å². The van der Waals surface area contributed by atoms with Crippen LogP contribution >= 0.6 is 47.8 Å². The van der Waals surface area contributed by atoms with E-state index in [2.05, 4.69) is 105 Å². The number of ether oxygens (including phenoxy) is 3. The van der Waals surface area contributed by atoms with Crippen LogP contribution in [0.15, 0.2) is 74.5 Å². The number of hydrogen-bond donors (Lipinski definition) is 5. The molecule has 1 aliphatic heterocycles. The second-order valence-corrected chi connectivity index (χ2v) is 20.0. The van der Waals surface area contributed by atoms with E-state index in [1.807, 2.05) is 77.1 Å². The Morgan fingerprint density at radius 1 is 0.707 bits per heavy atom. The Bertz CT molecular complexity index is 3110. The van der Waals surface area contributed by atoms with Crippen molar-refractivity contribution in [2.24, 2.45) is 27.1 Å². The summed E-state index contributed by atoms with van der Waals surface area (Å²) in [5.41, 5.74) is 17.9. The van der Waals surface area contributed by atoms with E-state index in [9.17, 15) is 9.59 Å². The molecule has 1 saturated heterocycles. The first-order valence-corrected chi connectivity index (χ1v) is 25.7. The zero-order valence-electron chi connectivity index (χ0n) is 43.6. The highest BCUT2D eigenvalue weighted by Gasteiger charge is 2.52. The summed E-state index contributed by atoms with van der Waals surface area (Å²) in [5, 5.41) is 41.6. The lowest BCUT2D eigenvalue weighted by atomic mass is 9.78. The molecule has 2 amide bonds. The Kier molecular flexibility index (Phi) is 19.0. The van der Waals surface area contributed by atoms with Gasteiger partial charge in [-0.1, -0.05) is 31.2 Å². The number of nitrogens with zero attached hydrogens (tertiary/aromatic N) is 11. The normalized spacial score (nSPS) is 14.0. The van der Waals surface area contributed by atoms with E-state index in [4.69, 9.17) is 35.0 Å². The van der Waals surface area contributed by atoms with Crippen LogP contribution in [0.5, 0.6) is 17.2 Å². The van der Waals surface area contributed by atoms with Crippen LogP contribution in [0.3, 0.4) is 0 Å². The van der Waals surface area contributed by atoms with Crippen molar-refractivity contribution < 1.29 is 33.1 Å². The number of para-hydroxylation sites is 3. The van der Waals surface area contributed by atoms with Crippen molar-refractivity contribution in [3.05, 3.63) is 85.9 Å². The lowest BCUT2D eigenvalue weighted by Gasteiger charge is -2.32. The van der Waals surface area contributed by atoms with Crippen molar-refractivity contribution in [3.63, 3.8) is 0 Å². The monoisotopic (exact) mass is 1220 g/mol. The van der Waals surface area contributed by atoms with E-state index in [1.54, 1.807) is 60.7 Å². The van der Waals surface area contributed by atoms with Crippen LogP contribution in [0, 0.1) is 5.92 Å². The summed E-state index contributed by atoms with van der Waals surface area (Å²) in [4.78, 5) is 29.1. The second-order valence-electron chi connectivity index (χ2n) is 17.8. The van der Waals surface area contributed by atoms with Gasteiger partial charge < -0.3 is 50.9 Å². The van der Waals surface area contributed by atoms with Crippen molar-refractivity contribution in [1.82, 2.24) is 60.5 Å². The highest BCUT2D eigenvalue weighted by molar-refractivity contribution is 9.13. The lowest BCUT2D eigenvalue weighted by Crippen LogP contribution is -2.41. The summed E-state index contributed by atoms with van der Waals surface area (Å²) in [6.45, 7) is 10.1. The molecule has 0 spiro atoms. The number of benzene rings is 3. The first kappa shape index (κ1) is 57.6. The minimum absolute atomic E-state index is 0.0124. The SMILES string of the molecule is CCc1nn(C)nc1-c1cccc(Nc2cc(NC(=O)C3CC3)nnc2C(=O)NC)c1OC.COc1c(N)cccc1-c1nn(C)nc1Br.COc1c(N)cccc1B1OC(C)(C)C(C)(C)O1.Cn1nc(Br)c(Br)n1. The Hall–Kier alpha value is -6.68. The molecule has 2 aliphatic rings. The molecule has 7 aromatic rings. The van der Waals surface area contributed by atoms with Gasteiger partial charge in [-0.25, -0.2) is 0 Å². The van der Waals surface area contributed by atoms with E-state index in [0.717, 1.165) is 50.0 Å². The van der Waals surface area contributed by atoms with Gasteiger partial charge in [0.2, 0.25) is 5.91 Å². The van der Waals surface area contributed by atoms with Crippen LogP contribution in [0.4, 0.5) is 28.6 Å². The molecule has 1 saturated carbocycles. The lowest BCUT2D eigenvalue weighted by molar-refractivity contribution is -0.117. The van der Waals surface area contributed by atoms with Crippen molar-refractivity contribution in [3.8, 4) is 39.8 Å². The van der Waals surface area contributed by atoms with Gasteiger partial charge in [0.05, 0.1) is 61.0 Å². The van der Waals surface area contributed by atoms with E-state index in [-0.39, 0.29) is 34.5 Å². The van der Waals surface area contributed by atoms with Crippen LogP contribution < -0.4 is 47.1 Å². The van der Waals surface area contributed by atoms with E-state index in [0.29, 0.717) is 56.7 Å². The maximum Gasteiger partial charge on any atom is 0.498 e. The number of aromatic nitrogens is 11. The zero-order chi connectivity index (χ0) is 54.9. The van der Waals surface area contributed by atoms with Crippen LogP contribution in [0.1, 0.15) is 63.6 Å². The third kappa shape index (κ3) is 13.8. The van der Waals surface area contributed by atoms with E-state index in [1.165, 1.54) is 21.4 Å². The Morgan fingerprint density at radius 2 is 1.23 bits per heavy atom. The molecule has 2 fully saturated rings. The maximum absolute atomic E-state index is 12.4. The van der Waals surface area contributed by atoms with Gasteiger partial charge in [0.15, 0.2) is 36.8 Å². The van der Waals surface area contributed by atoms with Gasteiger partial charge in [-0.2, -0.15) is 29.7 Å². The van der Waals surface area contributed by atoms with E-state index < -0.39 is 13.0 Å².